The fourth-order valence-electron chi connectivity index (χ4n) is 4.68. The average molecular weight is 426 g/mol. The summed E-state index contributed by atoms with van der Waals surface area (Å²) in [6.07, 6.45) is -0.924. The molecule has 0 amide bonds. The van der Waals surface area contributed by atoms with Gasteiger partial charge in [-0.3, -0.25) is 0 Å². The summed E-state index contributed by atoms with van der Waals surface area (Å²) in [6, 6.07) is 12.9. The smallest absolute Gasteiger partial charge is 0.389 e. The largest absolute Gasteiger partial charge is 0.416 e. The summed E-state index contributed by atoms with van der Waals surface area (Å²) in [4.78, 5) is 2.08. The monoisotopic (exact) mass is 425 g/mol. The molecule has 0 heterocycles. The van der Waals surface area contributed by atoms with E-state index in [0.717, 1.165) is 37.0 Å². The van der Waals surface area contributed by atoms with Crippen LogP contribution in [-0.2, 0) is 12.6 Å². The summed E-state index contributed by atoms with van der Waals surface area (Å²) in [5.74, 6) is -0.0954. The van der Waals surface area contributed by atoms with Crippen molar-refractivity contribution in [3.05, 3.63) is 70.2 Å². The maximum Gasteiger partial charge on any atom is 0.416 e. The van der Waals surface area contributed by atoms with Crippen molar-refractivity contribution < 1.29 is 18.3 Å². The highest BCUT2D eigenvalue weighted by Crippen LogP contribution is 2.45. The van der Waals surface area contributed by atoms with Gasteiger partial charge in [-0.25, -0.2) is 0 Å². The topological polar surface area (TPSA) is 23.5 Å². The Hall–Kier alpha value is -1.56. The fraction of sp³-hybridized carbons (Fsp3) is 0.478. The van der Waals surface area contributed by atoms with Crippen LogP contribution < -0.4 is 0 Å². The minimum Gasteiger partial charge on any atom is -0.389 e. The maximum absolute atomic E-state index is 13.1. The van der Waals surface area contributed by atoms with E-state index in [1.807, 2.05) is 38.4 Å². The van der Waals surface area contributed by atoms with Crippen LogP contribution in [0.5, 0.6) is 0 Å². The zero-order valence-corrected chi connectivity index (χ0v) is 17.5. The second-order valence-corrected chi connectivity index (χ2v) is 8.73. The van der Waals surface area contributed by atoms with Crippen LogP contribution >= 0.6 is 11.6 Å². The first-order valence-electron chi connectivity index (χ1n) is 9.90. The number of nitrogens with zero attached hydrogens (tertiary/aromatic N) is 1. The Morgan fingerprint density at radius 2 is 1.83 bits per heavy atom. The van der Waals surface area contributed by atoms with Gasteiger partial charge in [-0.1, -0.05) is 54.8 Å². The lowest BCUT2D eigenvalue weighted by atomic mass is 9.67. The van der Waals surface area contributed by atoms with Crippen molar-refractivity contribution in [2.75, 3.05) is 14.1 Å². The van der Waals surface area contributed by atoms with Gasteiger partial charge in [0.2, 0.25) is 0 Å². The molecule has 1 saturated carbocycles. The molecule has 0 aromatic heterocycles. The van der Waals surface area contributed by atoms with Crippen LogP contribution in [0, 0.1) is 5.92 Å². The first-order chi connectivity index (χ1) is 13.6. The van der Waals surface area contributed by atoms with Gasteiger partial charge >= 0.3 is 6.18 Å². The SMILES string of the molecule is CN(C)C(c1ccc(Cl)cc1)C1CCCCC1(O)Cc1cccc(C(F)(F)F)c1. The van der Waals surface area contributed by atoms with Gasteiger partial charge in [0.15, 0.2) is 0 Å². The van der Waals surface area contributed by atoms with Crippen LogP contribution in [0.2, 0.25) is 5.02 Å². The quantitative estimate of drug-likeness (QED) is 0.623. The van der Waals surface area contributed by atoms with E-state index in [1.54, 1.807) is 6.07 Å². The molecule has 158 valence electrons. The van der Waals surface area contributed by atoms with Crippen LogP contribution in [0.15, 0.2) is 48.5 Å². The molecule has 2 aromatic rings. The van der Waals surface area contributed by atoms with Gasteiger partial charge < -0.3 is 10.0 Å². The molecular formula is C23H27ClF3NO. The molecule has 1 N–H and O–H groups in total. The summed E-state index contributed by atoms with van der Waals surface area (Å²) in [5.41, 5.74) is -0.179. The predicted molar refractivity (Wildman–Crippen MR) is 110 cm³/mol. The average Bonchev–Trinajstić information content (AvgIpc) is 2.64. The molecule has 2 nitrogen and oxygen atoms in total. The summed E-state index contributed by atoms with van der Waals surface area (Å²) in [6.45, 7) is 0. The number of halogens is 4. The van der Waals surface area contributed by atoms with Gasteiger partial charge in [0.25, 0.3) is 0 Å². The number of benzene rings is 2. The lowest BCUT2D eigenvalue weighted by Crippen LogP contribution is -2.48. The van der Waals surface area contributed by atoms with Gasteiger partial charge in [-0.15, -0.1) is 0 Å². The second kappa shape index (κ2) is 8.66. The summed E-state index contributed by atoms with van der Waals surface area (Å²) >= 11 is 6.04. The summed E-state index contributed by atoms with van der Waals surface area (Å²) in [7, 11) is 3.94. The van der Waals surface area contributed by atoms with Crippen molar-refractivity contribution in [3.63, 3.8) is 0 Å². The van der Waals surface area contributed by atoms with Crippen LogP contribution in [0.25, 0.3) is 0 Å². The zero-order chi connectivity index (χ0) is 21.2. The van der Waals surface area contributed by atoms with Crippen LogP contribution in [-0.4, -0.2) is 29.7 Å². The van der Waals surface area contributed by atoms with Crippen molar-refractivity contribution in [1.82, 2.24) is 4.90 Å². The van der Waals surface area contributed by atoms with E-state index in [1.165, 1.54) is 6.07 Å². The zero-order valence-electron chi connectivity index (χ0n) is 16.7. The van der Waals surface area contributed by atoms with Gasteiger partial charge in [-0.2, -0.15) is 13.2 Å². The third-order valence-electron chi connectivity index (χ3n) is 5.98. The van der Waals surface area contributed by atoms with E-state index in [0.29, 0.717) is 17.0 Å². The lowest BCUT2D eigenvalue weighted by molar-refractivity contribution is -0.137. The standard InChI is InChI=1S/C23H27ClF3NO/c1-28(2)21(17-9-11-19(24)12-10-17)20-8-3-4-13-22(20,29)15-16-6-5-7-18(14-16)23(25,26)27/h5-7,9-12,14,20-21,29H,3-4,8,13,15H2,1-2H3. The predicted octanol–water partition coefficient (Wildman–Crippen LogP) is 6.13. The van der Waals surface area contributed by atoms with Crippen molar-refractivity contribution in [2.24, 2.45) is 5.92 Å². The lowest BCUT2D eigenvalue weighted by Gasteiger charge is -2.46. The minimum absolute atomic E-state index is 0.0524. The molecule has 3 rings (SSSR count). The molecule has 0 aliphatic heterocycles. The molecule has 6 heteroatoms. The van der Waals surface area contributed by atoms with Crippen LogP contribution in [0.1, 0.15) is 48.4 Å². The van der Waals surface area contributed by atoms with Crippen molar-refractivity contribution in [2.45, 2.75) is 49.9 Å². The van der Waals surface area contributed by atoms with Crippen LogP contribution in [0.4, 0.5) is 13.2 Å². The van der Waals surface area contributed by atoms with Gasteiger partial charge in [-0.05, 0) is 56.3 Å². The molecule has 1 fully saturated rings. The van der Waals surface area contributed by atoms with Crippen molar-refractivity contribution >= 4 is 11.6 Å². The highest BCUT2D eigenvalue weighted by Gasteiger charge is 2.44. The van der Waals surface area contributed by atoms with E-state index in [9.17, 15) is 18.3 Å². The summed E-state index contributed by atoms with van der Waals surface area (Å²) in [5, 5.41) is 12.3. The molecule has 2 aromatic carbocycles. The summed E-state index contributed by atoms with van der Waals surface area (Å²) < 4.78 is 39.4. The Morgan fingerprint density at radius 3 is 2.45 bits per heavy atom. The first kappa shape index (κ1) is 22.1. The number of aliphatic hydroxyl groups is 1. The molecule has 1 aliphatic carbocycles. The molecule has 0 radical (unpaired) electrons. The van der Waals surface area contributed by atoms with E-state index in [-0.39, 0.29) is 18.4 Å². The Morgan fingerprint density at radius 1 is 1.14 bits per heavy atom. The molecule has 3 atom stereocenters. The maximum atomic E-state index is 13.1. The third-order valence-corrected chi connectivity index (χ3v) is 6.23. The van der Waals surface area contributed by atoms with Gasteiger partial charge in [0, 0.05) is 23.4 Å². The van der Waals surface area contributed by atoms with Crippen LogP contribution in [0.3, 0.4) is 0 Å². The molecule has 0 spiro atoms. The van der Waals surface area contributed by atoms with E-state index in [2.05, 4.69) is 4.90 Å². The Kier molecular flexibility index (Phi) is 6.61. The number of hydrogen-bond acceptors (Lipinski definition) is 2. The van der Waals surface area contributed by atoms with E-state index < -0.39 is 17.3 Å². The molecule has 29 heavy (non-hydrogen) atoms. The Labute approximate surface area is 175 Å². The first-order valence-corrected chi connectivity index (χ1v) is 10.3. The Balaban J connectivity index is 1.94. The van der Waals surface area contributed by atoms with Gasteiger partial charge in [0.05, 0.1) is 11.2 Å². The highest BCUT2D eigenvalue weighted by atomic mass is 35.5. The molecular weight excluding hydrogens is 399 g/mol. The van der Waals surface area contributed by atoms with E-state index >= 15 is 0 Å². The molecule has 0 bridgehead atoms. The van der Waals surface area contributed by atoms with Gasteiger partial charge in [0.1, 0.15) is 0 Å². The van der Waals surface area contributed by atoms with E-state index in [4.69, 9.17) is 11.6 Å². The highest BCUT2D eigenvalue weighted by molar-refractivity contribution is 6.30. The van der Waals surface area contributed by atoms with Crippen molar-refractivity contribution in [3.8, 4) is 0 Å². The molecule has 0 saturated heterocycles. The normalized spacial score (nSPS) is 23.9. The molecule has 3 unspecified atom stereocenters. The number of hydrogen-bond donors (Lipinski definition) is 1. The second-order valence-electron chi connectivity index (χ2n) is 8.29. The van der Waals surface area contributed by atoms with Crippen molar-refractivity contribution in [1.29, 1.82) is 0 Å². The third kappa shape index (κ3) is 5.14. The fourth-order valence-corrected chi connectivity index (χ4v) is 4.81. The minimum atomic E-state index is -4.39. The number of rotatable bonds is 5. The Bertz CT molecular complexity index is 822. The number of alkyl halides is 3. The molecule has 1 aliphatic rings.